The molecule has 176 valence electrons. The van der Waals surface area contributed by atoms with E-state index in [0.29, 0.717) is 0 Å². The van der Waals surface area contributed by atoms with E-state index in [9.17, 15) is 0 Å². The summed E-state index contributed by atoms with van der Waals surface area (Å²) in [5.74, 6) is 0. The van der Waals surface area contributed by atoms with Gasteiger partial charge in [-0.05, 0) is 113 Å². The SMILES string of the molecule is Cc1cc(C)cc(CCCc2cc(C)cc3c(CCCc4cc(C)cc(C)c4)cc(C)cc23)c1. The topological polar surface area (TPSA) is 0 Å². The molecule has 0 heteroatoms. The molecule has 4 aromatic carbocycles. The fraction of sp³-hybridized carbons (Fsp3) is 0.353. The van der Waals surface area contributed by atoms with E-state index < -0.39 is 0 Å². The molecule has 0 fully saturated rings. The first-order chi connectivity index (χ1) is 16.3. The molecule has 0 saturated heterocycles. The van der Waals surface area contributed by atoms with Gasteiger partial charge in [-0.2, -0.15) is 0 Å². The van der Waals surface area contributed by atoms with E-state index in [-0.39, 0.29) is 0 Å². The number of hydrogen-bond acceptors (Lipinski definition) is 0. The molecule has 0 radical (unpaired) electrons. The first-order valence-corrected chi connectivity index (χ1v) is 12.9. The van der Waals surface area contributed by atoms with Gasteiger partial charge in [0.05, 0.1) is 0 Å². The lowest BCUT2D eigenvalue weighted by atomic mass is 9.90. The molecule has 0 atom stereocenters. The van der Waals surface area contributed by atoms with Crippen molar-refractivity contribution in [2.24, 2.45) is 0 Å². The maximum atomic E-state index is 2.42. The van der Waals surface area contributed by atoms with Crippen molar-refractivity contribution < 1.29 is 0 Å². The Labute approximate surface area is 207 Å². The van der Waals surface area contributed by atoms with Crippen molar-refractivity contribution in [3.63, 3.8) is 0 Å². The Morgan fingerprint density at radius 1 is 0.353 bits per heavy atom. The Hall–Kier alpha value is -2.86. The van der Waals surface area contributed by atoms with E-state index in [1.54, 1.807) is 0 Å². The fourth-order valence-electron chi connectivity index (χ4n) is 5.74. The minimum atomic E-state index is 1.14. The second kappa shape index (κ2) is 10.6. The number of hydrogen-bond donors (Lipinski definition) is 0. The Morgan fingerprint density at radius 3 is 1.03 bits per heavy atom. The molecule has 34 heavy (non-hydrogen) atoms. The molecule has 0 heterocycles. The second-order valence-electron chi connectivity index (χ2n) is 10.6. The largest absolute Gasteiger partial charge is 0.0564 e. The summed E-state index contributed by atoms with van der Waals surface area (Å²) in [5.41, 5.74) is 14.2. The van der Waals surface area contributed by atoms with Crippen LogP contribution in [0, 0.1) is 41.5 Å². The van der Waals surface area contributed by atoms with E-state index in [4.69, 9.17) is 0 Å². The van der Waals surface area contributed by atoms with E-state index in [0.717, 1.165) is 25.7 Å². The van der Waals surface area contributed by atoms with Gasteiger partial charge >= 0.3 is 0 Å². The first-order valence-electron chi connectivity index (χ1n) is 12.9. The second-order valence-corrected chi connectivity index (χ2v) is 10.6. The number of fused-ring (bicyclic) bond motifs is 1. The molecular weight excluding hydrogens is 408 g/mol. The quantitative estimate of drug-likeness (QED) is 0.252. The Balaban J connectivity index is 1.52. The van der Waals surface area contributed by atoms with Gasteiger partial charge in [-0.1, -0.05) is 94.0 Å². The van der Waals surface area contributed by atoms with Crippen LogP contribution in [0.4, 0.5) is 0 Å². The first kappa shape index (κ1) is 24.3. The maximum Gasteiger partial charge on any atom is -0.0146 e. The van der Waals surface area contributed by atoms with Gasteiger partial charge < -0.3 is 0 Å². The van der Waals surface area contributed by atoms with Crippen LogP contribution >= 0.6 is 0 Å². The maximum absolute atomic E-state index is 2.42. The highest BCUT2D eigenvalue weighted by Crippen LogP contribution is 2.29. The number of rotatable bonds is 8. The number of aryl methyl sites for hydroxylation is 10. The van der Waals surface area contributed by atoms with Crippen molar-refractivity contribution in [1.29, 1.82) is 0 Å². The Morgan fingerprint density at radius 2 is 0.676 bits per heavy atom. The van der Waals surface area contributed by atoms with Crippen LogP contribution in [0.3, 0.4) is 0 Å². The lowest BCUT2D eigenvalue weighted by molar-refractivity contribution is 0.818. The van der Waals surface area contributed by atoms with Gasteiger partial charge in [0.25, 0.3) is 0 Å². The summed E-state index contributed by atoms with van der Waals surface area (Å²) >= 11 is 0. The van der Waals surface area contributed by atoms with Crippen LogP contribution in [-0.2, 0) is 25.7 Å². The third-order valence-corrected chi connectivity index (χ3v) is 6.92. The predicted octanol–water partition coefficient (Wildman–Crippen LogP) is 9.04. The predicted molar refractivity (Wildman–Crippen MR) is 149 cm³/mol. The summed E-state index contributed by atoms with van der Waals surface area (Å²) in [6, 6.07) is 23.6. The standard InChI is InChI=1S/C34H40/c1-23-13-24(2)16-29(15-23)9-7-11-31-19-27(5)22-34-32(20-28(6)21-33(31)34)12-8-10-30-17-25(3)14-26(4)18-30/h13-22H,7-12H2,1-6H3. The molecule has 0 N–H and O–H groups in total. The molecule has 0 amide bonds. The molecule has 0 saturated carbocycles. The molecule has 0 nitrogen and oxygen atoms in total. The number of benzene rings is 4. The molecule has 0 aliphatic carbocycles. The fourth-order valence-corrected chi connectivity index (χ4v) is 5.74. The van der Waals surface area contributed by atoms with Gasteiger partial charge in [0, 0.05) is 0 Å². The highest BCUT2D eigenvalue weighted by molar-refractivity contribution is 5.90. The van der Waals surface area contributed by atoms with Crippen LogP contribution in [-0.4, -0.2) is 0 Å². The van der Waals surface area contributed by atoms with Crippen LogP contribution in [0.2, 0.25) is 0 Å². The lowest BCUT2D eigenvalue weighted by Gasteiger charge is -2.15. The van der Waals surface area contributed by atoms with E-state index in [2.05, 4.69) is 102 Å². The van der Waals surface area contributed by atoms with Crippen molar-refractivity contribution in [1.82, 2.24) is 0 Å². The third kappa shape index (κ3) is 6.17. The molecular formula is C34H40. The molecule has 0 aliphatic rings. The van der Waals surface area contributed by atoms with Crippen molar-refractivity contribution in [2.45, 2.75) is 80.1 Å². The monoisotopic (exact) mass is 448 g/mol. The van der Waals surface area contributed by atoms with Crippen LogP contribution in [0.25, 0.3) is 10.8 Å². The van der Waals surface area contributed by atoms with Gasteiger partial charge in [-0.15, -0.1) is 0 Å². The molecule has 0 aromatic heterocycles. The third-order valence-electron chi connectivity index (χ3n) is 6.92. The Kier molecular flexibility index (Phi) is 7.57. The summed E-state index contributed by atoms with van der Waals surface area (Å²) in [6.07, 6.45) is 6.95. The average molecular weight is 449 g/mol. The molecule has 4 aromatic rings. The zero-order valence-electron chi connectivity index (χ0n) is 22.0. The van der Waals surface area contributed by atoms with Gasteiger partial charge in [-0.3, -0.25) is 0 Å². The zero-order chi connectivity index (χ0) is 24.2. The molecule has 0 spiro atoms. The highest BCUT2D eigenvalue weighted by atomic mass is 14.1. The average Bonchev–Trinajstić information content (AvgIpc) is 2.73. The molecule has 4 rings (SSSR count). The van der Waals surface area contributed by atoms with E-state index >= 15 is 0 Å². The lowest BCUT2D eigenvalue weighted by Crippen LogP contribution is -1.98. The smallest absolute Gasteiger partial charge is 0.0146 e. The summed E-state index contributed by atoms with van der Waals surface area (Å²) < 4.78 is 0. The summed E-state index contributed by atoms with van der Waals surface area (Å²) in [4.78, 5) is 0. The zero-order valence-corrected chi connectivity index (χ0v) is 22.0. The summed E-state index contributed by atoms with van der Waals surface area (Å²) in [6.45, 7) is 13.3. The van der Waals surface area contributed by atoms with Crippen LogP contribution in [0.15, 0.2) is 60.7 Å². The normalized spacial score (nSPS) is 11.4. The molecule has 0 bridgehead atoms. The minimum Gasteiger partial charge on any atom is -0.0564 e. The van der Waals surface area contributed by atoms with Gasteiger partial charge in [0.2, 0.25) is 0 Å². The van der Waals surface area contributed by atoms with Crippen LogP contribution < -0.4 is 0 Å². The van der Waals surface area contributed by atoms with Crippen molar-refractivity contribution in [3.8, 4) is 0 Å². The van der Waals surface area contributed by atoms with Gasteiger partial charge in [0.15, 0.2) is 0 Å². The van der Waals surface area contributed by atoms with Crippen LogP contribution in [0.1, 0.15) is 68.5 Å². The van der Waals surface area contributed by atoms with E-state index in [1.165, 1.54) is 79.2 Å². The molecule has 0 unspecified atom stereocenters. The highest BCUT2D eigenvalue weighted by Gasteiger charge is 2.09. The van der Waals surface area contributed by atoms with Gasteiger partial charge in [0.1, 0.15) is 0 Å². The van der Waals surface area contributed by atoms with E-state index in [1.807, 2.05) is 0 Å². The van der Waals surface area contributed by atoms with Crippen LogP contribution in [0.5, 0.6) is 0 Å². The summed E-state index contributed by atoms with van der Waals surface area (Å²) in [5, 5.41) is 2.93. The van der Waals surface area contributed by atoms with Gasteiger partial charge in [-0.25, -0.2) is 0 Å². The van der Waals surface area contributed by atoms with Crippen molar-refractivity contribution in [3.05, 3.63) is 116 Å². The van der Waals surface area contributed by atoms with Crippen molar-refractivity contribution >= 4 is 10.8 Å². The molecule has 0 aliphatic heterocycles. The van der Waals surface area contributed by atoms with Crippen molar-refractivity contribution in [2.75, 3.05) is 0 Å². The summed E-state index contributed by atoms with van der Waals surface area (Å²) in [7, 11) is 0. The Bertz CT molecular complexity index is 1160. The minimum absolute atomic E-state index is 1.14.